The number of pyridine rings is 1. The first-order valence-electron chi connectivity index (χ1n) is 11.2. The topological polar surface area (TPSA) is 98.5 Å². The van der Waals surface area contributed by atoms with Gasteiger partial charge in [-0.05, 0) is 67.9 Å². The monoisotopic (exact) mass is 489 g/mol. The van der Waals surface area contributed by atoms with Gasteiger partial charge in [0.1, 0.15) is 41.8 Å². The number of nitrogens with zero attached hydrogens (tertiary/aromatic N) is 5. The minimum Gasteiger partial charge on any atom is -0.489 e. The van der Waals surface area contributed by atoms with Crippen LogP contribution in [0.1, 0.15) is 12.0 Å². The molecule has 1 atom stereocenters. The number of nitrogens with one attached hydrogen (secondary N) is 2. The number of hydrogen-bond donors (Lipinski definition) is 2. The number of rotatable bonds is 6. The molecule has 3 aromatic heterocycles. The number of aromatic nitrogens is 5. The van der Waals surface area contributed by atoms with Gasteiger partial charge in [-0.3, -0.25) is 0 Å². The predicted molar refractivity (Wildman–Crippen MR) is 136 cm³/mol. The van der Waals surface area contributed by atoms with Crippen molar-refractivity contribution in [2.75, 3.05) is 18.4 Å². The van der Waals surface area contributed by atoms with Crippen molar-refractivity contribution in [3.05, 3.63) is 72.9 Å². The van der Waals surface area contributed by atoms with Crippen LogP contribution in [0.3, 0.4) is 0 Å². The molecular weight excluding hydrogens is 466 g/mol. The number of ether oxygens (including phenoxy) is 2. The number of anilines is 2. The minimum atomic E-state index is 0. The molecule has 0 radical (unpaired) electrons. The van der Waals surface area contributed by atoms with Gasteiger partial charge in [0.25, 0.3) is 0 Å². The molecule has 1 saturated heterocycles. The quantitative estimate of drug-likeness (QED) is 0.355. The van der Waals surface area contributed by atoms with Gasteiger partial charge >= 0.3 is 0 Å². The van der Waals surface area contributed by atoms with E-state index in [2.05, 4.69) is 30.7 Å². The van der Waals surface area contributed by atoms with Crippen LogP contribution in [-0.4, -0.2) is 43.8 Å². The zero-order valence-corrected chi connectivity index (χ0v) is 19.8. The van der Waals surface area contributed by atoms with E-state index in [1.165, 1.54) is 6.33 Å². The average Bonchev–Trinajstić information content (AvgIpc) is 3.53. The molecule has 178 valence electrons. The van der Waals surface area contributed by atoms with Crippen LogP contribution in [0.2, 0.25) is 0 Å². The molecule has 5 aromatic rings. The molecule has 1 aliphatic rings. The molecule has 0 aliphatic carbocycles. The molecular formula is C25H24ClN7O2. The summed E-state index contributed by atoms with van der Waals surface area (Å²) in [5, 5.41) is 11.8. The molecule has 0 amide bonds. The summed E-state index contributed by atoms with van der Waals surface area (Å²) >= 11 is 0. The van der Waals surface area contributed by atoms with Crippen molar-refractivity contribution >= 4 is 40.5 Å². The van der Waals surface area contributed by atoms with Crippen molar-refractivity contribution in [3.8, 4) is 17.2 Å². The maximum absolute atomic E-state index is 6.13. The van der Waals surface area contributed by atoms with Gasteiger partial charge in [-0.1, -0.05) is 0 Å². The van der Waals surface area contributed by atoms with Gasteiger partial charge in [0.05, 0.1) is 5.52 Å². The number of fused-ring (bicyclic) bond motifs is 2. The predicted octanol–water partition coefficient (Wildman–Crippen LogP) is 4.68. The van der Waals surface area contributed by atoms with Gasteiger partial charge in [-0.15, -0.1) is 12.4 Å². The third kappa shape index (κ3) is 4.82. The first kappa shape index (κ1) is 22.8. The Morgan fingerprint density at radius 3 is 2.80 bits per heavy atom. The van der Waals surface area contributed by atoms with Crippen molar-refractivity contribution in [3.63, 3.8) is 0 Å². The van der Waals surface area contributed by atoms with Crippen molar-refractivity contribution in [2.45, 2.75) is 19.4 Å². The summed E-state index contributed by atoms with van der Waals surface area (Å²) < 4.78 is 13.9. The Bertz CT molecular complexity index is 1480. The van der Waals surface area contributed by atoms with E-state index in [-0.39, 0.29) is 18.5 Å². The van der Waals surface area contributed by atoms with Crippen LogP contribution in [0, 0.1) is 6.92 Å². The van der Waals surface area contributed by atoms with Crippen LogP contribution in [-0.2, 0) is 0 Å². The van der Waals surface area contributed by atoms with Crippen LogP contribution >= 0.6 is 12.4 Å². The molecule has 4 heterocycles. The van der Waals surface area contributed by atoms with E-state index in [4.69, 9.17) is 9.47 Å². The minimum absolute atomic E-state index is 0. The zero-order chi connectivity index (χ0) is 22.9. The highest BCUT2D eigenvalue weighted by molar-refractivity contribution is 5.91. The summed E-state index contributed by atoms with van der Waals surface area (Å²) in [5.74, 6) is 3.02. The van der Waals surface area contributed by atoms with Gasteiger partial charge in [-0.25, -0.2) is 19.5 Å². The second kappa shape index (κ2) is 9.73. The van der Waals surface area contributed by atoms with Gasteiger partial charge in [0.2, 0.25) is 0 Å². The number of halogens is 1. The van der Waals surface area contributed by atoms with E-state index < -0.39 is 0 Å². The molecule has 1 fully saturated rings. The van der Waals surface area contributed by atoms with Crippen molar-refractivity contribution < 1.29 is 9.47 Å². The number of benzene rings is 2. The number of hydrogen-bond acceptors (Lipinski definition) is 8. The molecule has 9 nitrogen and oxygen atoms in total. The van der Waals surface area contributed by atoms with E-state index in [0.29, 0.717) is 5.75 Å². The van der Waals surface area contributed by atoms with Crippen LogP contribution in [0.25, 0.3) is 16.6 Å². The summed E-state index contributed by atoms with van der Waals surface area (Å²) in [6.45, 7) is 3.87. The summed E-state index contributed by atoms with van der Waals surface area (Å²) in [5.41, 5.74) is 3.48. The Morgan fingerprint density at radius 1 is 1.00 bits per heavy atom. The largest absolute Gasteiger partial charge is 0.489 e. The molecule has 10 heteroatoms. The molecule has 0 spiro atoms. The fraction of sp³-hybridized carbons (Fsp3) is 0.200. The second-order valence-corrected chi connectivity index (χ2v) is 8.27. The van der Waals surface area contributed by atoms with Gasteiger partial charge in [0.15, 0.2) is 5.65 Å². The Labute approximate surface area is 207 Å². The lowest BCUT2D eigenvalue weighted by Gasteiger charge is -2.15. The fourth-order valence-electron chi connectivity index (χ4n) is 4.10. The van der Waals surface area contributed by atoms with Crippen LogP contribution < -0.4 is 20.1 Å². The zero-order valence-electron chi connectivity index (χ0n) is 19.0. The molecule has 0 unspecified atom stereocenters. The van der Waals surface area contributed by atoms with E-state index in [1.54, 1.807) is 10.8 Å². The standard InChI is InChI=1S/C25H23N7O2.ClH/c1-16-10-17(2-5-23(16)34-19-7-9-32-24(12-19)28-15-30-32)31-25-21-11-18(33-20-6-8-26-13-20)3-4-22(21)27-14-29-25;/h2-5,7,9-12,14-15,20,26H,6,8,13H2,1H3,(H,27,29,31);1H/t20-;/m0./s1. The summed E-state index contributed by atoms with van der Waals surface area (Å²) in [7, 11) is 0. The SMILES string of the molecule is Cc1cc(Nc2ncnc3ccc(O[C@H]4CCNC4)cc23)ccc1Oc1ccn2ncnc2c1.Cl. The summed E-state index contributed by atoms with van der Waals surface area (Å²) in [4.78, 5) is 13.1. The summed E-state index contributed by atoms with van der Waals surface area (Å²) in [6.07, 6.45) is 6.11. The third-order valence-corrected chi connectivity index (χ3v) is 5.84. The lowest BCUT2D eigenvalue weighted by molar-refractivity contribution is 0.223. The van der Waals surface area contributed by atoms with E-state index in [9.17, 15) is 0 Å². The van der Waals surface area contributed by atoms with E-state index >= 15 is 0 Å². The number of aryl methyl sites for hydroxylation is 1. The molecule has 0 bridgehead atoms. The molecule has 0 saturated carbocycles. The first-order chi connectivity index (χ1) is 16.7. The molecule has 1 aliphatic heterocycles. The Morgan fingerprint density at radius 2 is 1.94 bits per heavy atom. The van der Waals surface area contributed by atoms with Gasteiger partial charge < -0.3 is 20.1 Å². The lowest BCUT2D eigenvalue weighted by atomic mass is 10.2. The van der Waals surface area contributed by atoms with Crippen LogP contribution in [0.15, 0.2) is 67.4 Å². The highest BCUT2D eigenvalue weighted by Crippen LogP contribution is 2.31. The summed E-state index contributed by atoms with van der Waals surface area (Å²) in [6, 6.07) is 15.6. The highest BCUT2D eigenvalue weighted by atomic mass is 35.5. The van der Waals surface area contributed by atoms with Crippen molar-refractivity contribution in [1.29, 1.82) is 0 Å². The van der Waals surface area contributed by atoms with Crippen molar-refractivity contribution in [1.82, 2.24) is 29.9 Å². The third-order valence-electron chi connectivity index (χ3n) is 5.84. The molecule has 2 N–H and O–H groups in total. The Balaban J connectivity index is 0.00000253. The molecule has 2 aromatic carbocycles. The smallest absolute Gasteiger partial charge is 0.158 e. The second-order valence-electron chi connectivity index (χ2n) is 8.27. The first-order valence-corrected chi connectivity index (χ1v) is 11.2. The maximum Gasteiger partial charge on any atom is 0.158 e. The molecule has 6 rings (SSSR count). The maximum atomic E-state index is 6.13. The highest BCUT2D eigenvalue weighted by Gasteiger charge is 2.16. The van der Waals surface area contributed by atoms with E-state index in [0.717, 1.165) is 64.6 Å². The van der Waals surface area contributed by atoms with Gasteiger partial charge in [-0.2, -0.15) is 5.10 Å². The van der Waals surface area contributed by atoms with Gasteiger partial charge in [0, 0.05) is 29.9 Å². The van der Waals surface area contributed by atoms with E-state index in [1.807, 2.05) is 61.7 Å². The van der Waals surface area contributed by atoms with Crippen LogP contribution in [0.4, 0.5) is 11.5 Å². The van der Waals surface area contributed by atoms with Crippen molar-refractivity contribution in [2.24, 2.45) is 0 Å². The normalized spacial score (nSPS) is 15.2. The Kier molecular flexibility index (Phi) is 6.35. The average molecular weight is 490 g/mol. The van der Waals surface area contributed by atoms with Crippen LogP contribution in [0.5, 0.6) is 17.2 Å². The lowest BCUT2D eigenvalue weighted by Crippen LogP contribution is -2.19. The Hall–Kier alpha value is -3.95. The molecule has 35 heavy (non-hydrogen) atoms. The fourth-order valence-corrected chi connectivity index (χ4v) is 4.10.